The highest BCUT2D eigenvalue weighted by Gasteiger charge is 2.05. The lowest BCUT2D eigenvalue weighted by molar-refractivity contribution is -0.131. The van der Waals surface area contributed by atoms with Gasteiger partial charge in [0.15, 0.2) is 0 Å². The highest BCUT2D eigenvalue weighted by Crippen LogP contribution is 2.20. The first kappa shape index (κ1) is 16.1. The number of rotatable bonds is 5. The average molecular weight is 315 g/mol. The van der Waals surface area contributed by atoms with Crippen LogP contribution in [0, 0.1) is 6.92 Å². The van der Waals surface area contributed by atoms with Crippen LogP contribution in [0.25, 0.3) is 0 Å². The molecular weight excluding hydrogens is 298 g/mol. The summed E-state index contributed by atoms with van der Waals surface area (Å²) in [5.41, 5.74) is 1.80. The van der Waals surface area contributed by atoms with Crippen molar-refractivity contribution in [3.05, 3.63) is 54.1 Å². The third-order valence-corrected chi connectivity index (χ3v) is 3.78. The Kier molecular flexibility index (Phi) is 5.61. The van der Waals surface area contributed by atoms with Crippen LogP contribution in [0.2, 0.25) is 0 Å². The summed E-state index contributed by atoms with van der Waals surface area (Å²) in [6, 6.07) is 14.8. The van der Waals surface area contributed by atoms with E-state index in [9.17, 15) is 9.59 Å². The molecule has 2 rings (SSSR count). The molecule has 0 saturated carbocycles. The minimum absolute atomic E-state index is 0.106. The van der Waals surface area contributed by atoms with Crippen LogP contribution < -0.4 is 10.1 Å². The Bertz CT molecular complexity index is 668. The number of carbonyl (C=O) groups is 2. The molecule has 2 aromatic carbocycles. The molecule has 0 aromatic heterocycles. The van der Waals surface area contributed by atoms with Gasteiger partial charge in [-0.05, 0) is 31.2 Å². The number of amides is 1. The Morgan fingerprint density at radius 2 is 1.86 bits per heavy atom. The molecule has 4 nitrogen and oxygen atoms in total. The van der Waals surface area contributed by atoms with Gasteiger partial charge in [0.05, 0.1) is 5.75 Å². The zero-order chi connectivity index (χ0) is 15.9. The van der Waals surface area contributed by atoms with Gasteiger partial charge in [0.2, 0.25) is 5.91 Å². The van der Waals surface area contributed by atoms with Crippen LogP contribution in [0.1, 0.15) is 12.5 Å². The van der Waals surface area contributed by atoms with Crippen molar-refractivity contribution >= 4 is 29.3 Å². The summed E-state index contributed by atoms with van der Waals surface area (Å²) in [4.78, 5) is 23.9. The number of hydrogen-bond donors (Lipinski definition) is 1. The molecule has 0 atom stereocenters. The summed E-state index contributed by atoms with van der Waals surface area (Å²) in [6.45, 7) is 3.36. The fraction of sp³-hybridized carbons (Fsp3) is 0.176. The third kappa shape index (κ3) is 5.26. The first-order chi connectivity index (χ1) is 10.5. The average Bonchev–Trinajstić information content (AvgIpc) is 2.46. The summed E-state index contributed by atoms with van der Waals surface area (Å²) in [5.74, 6) is 0.237. The number of hydrogen-bond acceptors (Lipinski definition) is 4. The Labute approximate surface area is 133 Å². The summed E-state index contributed by atoms with van der Waals surface area (Å²) >= 11 is 1.47. The number of anilines is 1. The van der Waals surface area contributed by atoms with Crippen molar-refractivity contribution in [3.8, 4) is 5.75 Å². The van der Waals surface area contributed by atoms with Gasteiger partial charge in [-0.15, -0.1) is 11.8 Å². The normalized spacial score (nSPS) is 10.1. The molecule has 0 heterocycles. The van der Waals surface area contributed by atoms with Gasteiger partial charge >= 0.3 is 5.97 Å². The molecule has 22 heavy (non-hydrogen) atoms. The van der Waals surface area contributed by atoms with Gasteiger partial charge in [0, 0.05) is 23.6 Å². The number of nitrogens with one attached hydrogen (secondary N) is 1. The highest BCUT2D eigenvalue weighted by molar-refractivity contribution is 8.00. The smallest absolute Gasteiger partial charge is 0.308 e. The van der Waals surface area contributed by atoms with E-state index in [-0.39, 0.29) is 5.91 Å². The van der Waals surface area contributed by atoms with E-state index in [4.69, 9.17) is 4.74 Å². The van der Waals surface area contributed by atoms with Gasteiger partial charge in [0.25, 0.3) is 0 Å². The van der Waals surface area contributed by atoms with Crippen LogP contribution in [0.15, 0.2) is 53.4 Å². The van der Waals surface area contributed by atoms with E-state index >= 15 is 0 Å². The van der Waals surface area contributed by atoms with Crippen molar-refractivity contribution in [1.29, 1.82) is 0 Å². The molecule has 0 fully saturated rings. The number of benzene rings is 2. The molecule has 5 heteroatoms. The van der Waals surface area contributed by atoms with Crippen LogP contribution in [0.5, 0.6) is 5.75 Å². The van der Waals surface area contributed by atoms with Crippen molar-refractivity contribution < 1.29 is 14.3 Å². The van der Waals surface area contributed by atoms with Crippen LogP contribution in [0.3, 0.4) is 0 Å². The lowest BCUT2D eigenvalue weighted by Crippen LogP contribution is -2.14. The number of esters is 1. The topological polar surface area (TPSA) is 55.4 Å². The quantitative estimate of drug-likeness (QED) is 0.520. The lowest BCUT2D eigenvalue weighted by atomic mass is 10.2. The highest BCUT2D eigenvalue weighted by atomic mass is 32.2. The fourth-order valence-corrected chi connectivity index (χ4v) is 2.48. The fourth-order valence-electron chi connectivity index (χ4n) is 1.78. The molecule has 0 unspecified atom stereocenters. The van der Waals surface area contributed by atoms with Gasteiger partial charge in [-0.2, -0.15) is 0 Å². The van der Waals surface area contributed by atoms with E-state index in [0.717, 1.165) is 4.90 Å². The Morgan fingerprint density at radius 3 is 2.55 bits per heavy atom. The maximum absolute atomic E-state index is 11.9. The Balaban J connectivity index is 1.89. The molecule has 0 aliphatic heterocycles. The SMILES string of the molecule is CC(=O)Oc1cccc(NC(=O)CSc2ccc(C)cc2)c1. The molecule has 0 radical (unpaired) electrons. The van der Waals surface area contributed by atoms with E-state index < -0.39 is 5.97 Å². The molecule has 0 aliphatic rings. The van der Waals surface area contributed by atoms with Gasteiger partial charge in [-0.1, -0.05) is 23.8 Å². The van der Waals surface area contributed by atoms with Gasteiger partial charge in [-0.3, -0.25) is 9.59 Å². The van der Waals surface area contributed by atoms with Crippen LogP contribution >= 0.6 is 11.8 Å². The zero-order valence-corrected chi connectivity index (χ0v) is 13.3. The molecule has 0 spiro atoms. The number of thioether (sulfide) groups is 1. The zero-order valence-electron chi connectivity index (χ0n) is 12.5. The molecule has 0 aliphatic carbocycles. The molecule has 1 N–H and O–H groups in total. The largest absolute Gasteiger partial charge is 0.427 e. The summed E-state index contributed by atoms with van der Waals surface area (Å²) in [6.07, 6.45) is 0. The van der Waals surface area contributed by atoms with Crippen molar-refractivity contribution in [2.24, 2.45) is 0 Å². The first-order valence-corrected chi connectivity index (χ1v) is 7.79. The van der Waals surface area contributed by atoms with E-state index in [2.05, 4.69) is 5.32 Å². The second kappa shape index (κ2) is 7.66. The molecule has 1 amide bonds. The van der Waals surface area contributed by atoms with Crippen LogP contribution in [0.4, 0.5) is 5.69 Å². The van der Waals surface area contributed by atoms with E-state index in [0.29, 0.717) is 17.2 Å². The van der Waals surface area contributed by atoms with Gasteiger partial charge < -0.3 is 10.1 Å². The maximum atomic E-state index is 11.9. The molecule has 0 saturated heterocycles. The standard InChI is InChI=1S/C17H17NO3S/c1-12-6-8-16(9-7-12)22-11-17(20)18-14-4-3-5-15(10-14)21-13(2)19/h3-10H,11H2,1-2H3,(H,18,20). The lowest BCUT2D eigenvalue weighted by Gasteiger charge is -2.07. The molecule has 114 valence electrons. The summed E-state index contributed by atoms with van der Waals surface area (Å²) in [5, 5.41) is 2.79. The van der Waals surface area contributed by atoms with Crippen molar-refractivity contribution in [1.82, 2.24) is 0 Å². The summed E-state index contributed by atoms with van der Waals surface area (Å²) in [7, 11) is 0. The molecule has 2 aromatic rings. The Hall–Kier alpha value is -2.27. The number of ether oxygens (including phenoxy) is 1. The number of aryl methyl sites for hydroxylation is 1. The third-order valence-electron chi connectivity index (χ3n) is 2.77. The molecule has 0 bridgehead atoms. The predicted octanol–water partition coefficient (Wildman–Crippen LogP) is 3.65. The minimum atomic E-state index is -0.390. The monoisotopic (exact) mass is 315 g/mol. The molecular formula is C17H17NO3S. The number of carbonyl (C=O) groups excluding carboxylic acids is 2. The minimum Gasteiger partial charge on any atom is -0.427 e. The van der Waals surface area contributed by atoms with Crippen molar-refractivity contribution in [2.75, 3.05) is 11.1 Å². The second-order valence-electron chi connectivity index (χ2n) is 4.77. The van der Waals surface area contributed by atoms with E-state index in [1.165, 1.54) is 24.2 Å². The Morgan fingerprint density at radius 1 is 1.14 bits per heavy atom. The van der Waals surface area contributed by atoms with Gasteiger partial charge in [0.1, 0.15) is 5.75 Å². The maximum Gasteiger partial charge on any atom is 0.308 e. The van der Waals surface area contributed by atoms with Crippen molar-refractivity contribution in [3.63, 3.8) is 0 Å². The predicted molar refractivity (Wildman–Crippen MR) is 88.3 cm³/mol. The van der Waals surface area contributed by atoms with Crippen LogP contribution in [-0.4, -0.2) is 17.6 Å². The second-order valence-corrected chi connectivity index (χ2v) is 5.82. The summed E-state index contributed by atoms with van der Waals surface area (Å²) < 4.78 is 4.98. The van der Waals surface area contributed by atoms with Gasteiger partial charge in [-0.25, -0.2) is 0 Å². The first-order valence-electron chi connectivity index (χ1n) is 6.81. The van der Waals surface area contributed by atoms with E-state index in [1.807, 2.05) is 31.2 Å². The van der Waals surface area contributed by atoms with E-state index in [1.54, 1.807) is 24.3 Å². The van der Waals surface area contributed by atoms with Crippen LogP contribution in [-0.2, 0) is 9.59 Å². The van der Waals surface area contributed by atoms with Crippen molar-refractivity contribution in [2.45, 2.75) is 18.7 Å².